The second kappa shape index (κ2) is 9.25. The SMILES string of the molecule is CC(C)CN(c1ccc(C2(C(=O)O)CCC2)cc1Nc1cncnc1)C1CCCCC1. The molecule has 0 atom stereocenters. The van der Waals surface area contributed by atoms with Crippen LogP contribution in [0.15, 0.2) is 36.9 Å². The molecule has 1 aromatic carbocycles. The number of benzene rings is 1. The molecule has 2 N–H and O–H groups in total. The van der Waals surface area contributed by atoms with Crippen LogP contribution < -0.4 is 10.2 Å². The number of aromatic nitrogens is 2. The van der Waals surface area contributed by atoms with Gasteiger partial charge >= 0.3 is 5.97 Å². The Bertz CT molecular complexity index is 890. The summed E-state index contributed by atoms with van der Waals surface area (Å²) in [4.78, 5) is 23.0. The molecular formula is C25H34N4O2. The van der Waals surface area contributed by atoms with Gasteiger partial charge in [-0.15, -0.1) is 0 Å². The lowest BCUT2D eigenvalue weighted by atomic mass is 9.64. The van der Waals surface area contributed by atoms with Crippen molar-refractivity contribution in [2.75, 3.05) is 16.8 Å². The summed E-state index contributed by atoms with van der Waals surface area (Å²) in [7, 11) is 0. The molecular weight excluding hydrogens is 388 g/mol. The van der Waals surface area contributed by atoms with E-state index in [9.17, 15) is 9.90 Å². The average molecular weight is 423 g/mol. The third-order valence-electron chi connectivity index (χ3n) is 6.89. The zero-order chi connectivity index (χ0) is 21.8. The van der Waals surface area contributed by atoms with Crippen LogP contribution in [0.2, 0.25) is 0 Å². The third-order valence-corrected chi connectivity index (χ3v) is 6.89. The van der Waals surface area contributed by atoms with Crippen LogP contribution in [0.25, 0.3) is 0 Å². The second-order valence-electron chi connectivity index (χ2n) is 9.56. The summed E-state index contributed by atoms with van der Waals surface area (Å²) in [6.07, 6.45) is 13.7. The van der Waals surface area contributed by atoms with E-state index in [4.69, 9.17) is 0 Å². The van der Waals surface area contributed by atoms with Crippen LogP contribution in [0.4, 0.5) is 17.1 Å². The minimum atomic E-state index is -0.754. The molecule has 0 aliphatic heterocycles. The number of aliphatic carboxylic acids is 1. The Hall–Kier alpha value is -2.63. The predicted molar refractivity (Wildman–Crippen MR) is 124 cm³/mol. The van der Waals surface area contributed by atoms with E-state index < -0.39 is 11.4 Å². The quantitative estimate of drug-likeness (QED) is 0.583. The third kappa shape index (κ3) is 4.53. The number of nitrogens with one attached hydrogen (secondary N) is 1. The number of hydrogen-bond donors (Lipinski definition) is 2. The molecule has 31 heavy (non-hydrogen) atoms. The number of carbonyl (C=O) groups is 1. The zero-order valence-electron chi connectivity index (χ0n) is 18.7. The van der Waals surface area contributed by atoms with Gasteiger partial charge in [0.1, 0.15) is 6.33 Å². The van der Waals surface area contributed by atoms with Crippen molar-refractivity contribution in [3.8, 4) is 0 Å². The highest BCUT2D eigenvalue weighted by Gasteiger charge is 2.46. The molecule has 0 radical (unpaired) electrons. The molecule has 2 aliphatic carbocycles. The van der Waals surface area contributed by atoms with Crippen LogP contribution in [-0.4, -0.2) is 33.6 Å². The highest BCUT2D eigenvalue weighted by molar-refractivity contribution is 5.85. The first-order valence-electron chi connectivity index (χ1n) is 11.7. The largest absolute Gasteiger partial charge is 0.481 e. The first kappa shape index (κ1) is 21.6. The highest BCUT2D eigenvalue weighted by atomic mass is 16.4. The number of nitrogens with zero attached hydrogens (tertiary/aromatic N) is 3. The van der Waals surface area contributed by atoms with Gasteiger partial charge in [0, 0.05) is 12.6 Å². The summed E-state index contributed by atoms with van der Waals surface area (Å²) < 4.78 is 0. The monoisotopic (exact) mass is 422 g/mol. The van der Waals surface area contributed by atoms with Crippen LogP contribution in [-0.2, 0) is 10.2 Å². The Morgan fingerprint density at radius 1 is 1.16 bits per heavy atom. The van der Waals surface area contributed by atoms with Gasteiger partial charge in [-0.2, -0.15) is 0 Å². The van der Waals surface area contributed by atoms with Gasteiger partial charge in [-0.25, -0.2) is 9.97 Å². The van der Waals surface area contributed by atoms with Crippen molar-refractivity contribution in [2.24, 2.45) is 5.92 Å². The molecule has 0 saturated heterocycles. The highest BCUT2D eigenvalue weighted by Crippen LogP contribution is 2.46. The maximum absolute atomic E-state index is 12.1. The van der Waals surface area contributed by atoms with Crippen LogP contribution in [0.5, 0.6) is 0 Å². The van der Waals surface area contributed by atoms with Crippen molar-refractivity contribution in [2.45, 2.75) is 76.7 Å². The molecule has 2 aromatic rings. The van der Waals surface area contributed by atoms with Crippen LogP contribution >= 0.6 is 0 Å². The molecule has 0 amide bonds. The van der Waals surface area contributed by atoms with Crippen molar-refractivity contribution >= 4 is 23.0 Å². The van der Waals surface area contributed by atoms with Crippen molar-refractivity contribution < 1.29 is 9.90 Å². The van der Waals surface area contributed by atoms with E-state index in [1.807, 2.05) is 6.07 Å². The summed E-state index contributed by atoms with van der Waals surface area (Å²) in [5.74, 6) is -0.182. The van der Waals surface area contributed by atoms with E-state index in [1.54, 1.807) is 12.4 Å². The zero-order valence-corrected chi connectivity index (χ0v) is 18.7. The predicted octanol–water partition coefficient (Wildman–Crippen LogP) is 5.52. The fourth-order valence-electron chi connectivity index (χ4n) is 5.09. The van der Waals surface area contributed by atoms with E-state index in [0.717, 1.165) is 35.6 Å². The molecule has 2 aliphatic rings. The van der Waals surface area contributed by atoms with E-state index in [-0.39, 0.29) is 0 Å². The number of anilines is 3. The molecule has 2 saturated carbocycles. The second-order valence-corrected chi connectivity index (χ2v) is 9.56. The maximum Gasteiger partial charge on any atom is 0.314 e. The van der Waals surface area contributed by atoms with Crippen molar-refractivity contribution in [1.29, 1.82) is 0 Å². The number of rotatable bonds is 8. The molecule has 4 rings (SSSR count). The molecule has 1 aromatic heterocycles. The Morgan fingerprint density at radius 2 is 1.87 bits per heavy atom. The maximum atomic E-state index is 12.1. The Balaban J connectivity index is 1.76. The first-order chi connectivity index (χ1) is 15.0. The lowest BCUT2D eigenvalue weighted by Gasteiger charge is -2.41. The van der Waals surface area contributed by atoms with Crippen molar-refractivity contribution in [1.82, 2.24) is 9.97 Å². The standard InChI is InChI=1S/C25H34N4O2/c1-18(2)16-29(21-7-4-3-5-8-21)23-10-9-19(25(24(30)31)11-6-12-25)13-22(23)28-20-14-26-17-27-15-20/h9-10,13-15,17-18,21,28H,3-8,11-12,16H2,1-2H3,(H,30,31). The van der Waals surface area contributed by atoms with Gasteiger partial charge in [0.15, 0.2) is 0 Å². The number of carboxylic acid groups (broad SMARTS) is 1. The van der Waals surface area contributed by atoms with Crippen molar-refractivity contribution in [3.63, 3.8) is 0 Å². The smallest absolute Gasteiger partial charge is 0.314 e. The minimum Gasteiger partial charge on any atom is -0.481 e. The lowest BCUT2D eigenvalue weighted by Crippen LogP contribution is -2.42. The summed E-state index contributed by atoms with van der Waals surface area (Å²) >= 11 is 0. The fraction of sp³-hybridized carbons (Fsp3) is 0.560. The van der Waals surface area contributed by atoms with Crippen molar-refractivity contribution in [3.05, 3.63) is 42.5 Å². The van der Waals surface area contributed by atoms with E-state index >= 15 is 0 Å². The van der Waals surface area contributed by atoms with Gasteiger partial charge in [-0.05, 0) is 49.3 Å². The average Bonchev–Trinajstić information content (AvgIpc) is 2.73. The topological polar surface area (TPSA) is 78.4 Å². The van der Waals surface area contributed by atoms with Gasteiger partial charge < -0.3 is 15.3 Å². The van der Waals surface area contributed by atoms with Gasteiger partial charge in [0.25, 0.3) is 0 Å². The molecule has 166 valence electrons. The molecule has 0 unspecified atom stereocenters. The Kier molecular flexibility index (Phi) is 6.44. The molecule has 6 nitrogen and oxygen atoms in total. The number of carboxylic acids is 1. The molecule has 6 heteroatoms. The van der Waals surface area contributed by atoms with E-state index in [1.165, 1.54) is 38.4 Å². The Labute approximate surface area is 185 Å². The lowest BCUT2D eigenvalue weighted by molar-refractivity contribution is -0.147. The molecule has 0 bridgehead atoms. The summed E-state index contributed by atoms with van der Waals surface area (Å²) in [6, 6.07) is 6.77. The van der Waals surface area contributed by atoms with E-state index in [0.29, 0.717) is 24.8 Å². The first-order valence-corrected chi connectivity index (χ1v) is 11.7. The number of hydrogen-bond acceptors (Lipinski definition) is 5. The van der Waals surface area contributed by atoms with Gasteiger partial charge in [0.05, 0.1) is 34.9 Å². The van der Waals surface area contributed by atoms with Gasteiger partial charge in [-0.3, -0.25) is 4.79 Å². The van der Waals surface area contributed by atoms with Crippen LogP contribution in [0.1, 0.15) is 70.8 Å². The van der Waals surface area contributed by atoms with E-state index in [2.05, 4.69) is 46.2 Å². The Morgan fingerprint density at radius 3 is 2.45 bits per heavy atom. The summed E-state index contributed by atoms with van der Waals surface area (Å²) in [5.41, 5.74) is 3.05. The van der Waals surface area contributed by atoms with Crippen LogP contribution in [0.3, 0.4) is 0 Å². The molecule has 2 fully saturated rings. The molecule has 0 spiro atoms. The minimum absolute atomic E-state index is 0.520. The van der Waals surface area contributed by atoms with Gasteiger partial charge in [-0.1, -0.05) is 45.6 Å². The molecule has 1 heterocycles. The normalized spacial score (nSPS) is 18.4. The van der Waals surface area contributed by atoms with Crippen LogP contribution in [0, 0.1) is 5.92 Å². The van der Waals surface area contributed by atoms with Gasteiger partial charge in [0.2, 0.25) is 0 Å². The summed E-state index contributed by atoms with van der Waals surface area (Å²) in [5, 5.41) is 13.5. The summed E-state index contributed by atoms with van der Waals surface area (Å²) in [6.45, 7) is 5.50. The fourth-order valence-corrected chi connectivity index (χ4v) is 5.09.